The minimum atomic E-state index is -1.02. The molecule has 0 fully saturated rings. The molecule has 3 N–H and O–H groups in total. The first-order valence-corrected chi connectivity index (χ1v) is 14.0. The molecule has 0 aliphatic heterocycles. The molecule has 0 heterocycles. The van der Waals surface area contributed by atoms with Crippen LogP contribution in [0, 0.1) is 0 Å². The van der Waals surface area contributed by atoms with E-state index in [0.717, 1.165) is 16.7 Å². The number of esters is 1. The fourth-order valence-corrected chi connectivity index (χ4v) is 3.84. The Bertz CT molecular complexity index is 1340. The summed E-state index contributed by atoms with van der Waals surface area (Å²) in [5.74, 6) is -1.14. The number of alkyl carbamates (subject to hydrolysis) is 1. The number of carbonyl (C=O) groups excluding carboxylic acids is 4. The molecule has 0 aliphatic carbocycles. The Labute approximate surface area is 252 Å². The Morgan fingerprint density at radius 2 is 1.33 bits per heavy atom. The molecule has 0 unspecified atom stereocenters. The van der Waals surface area contributed by atoms with E-state index in [9.17, 15) is 19.2 Å². The van der Waals surface area contributed by atoms with Gasteiger partial charge in [-0.1, -0.05) is 72.8 Å². The lowest BCUT2D eigenvalue weighted by Crippen LogP contribution is -2.52. The second-order valence-electron chi connectivity index (χ2n) is 10.9. The maximum absolute atomic E-state index is 13.1. The number of amides is 3. The van der Waals surface area contributed by atoms with Gasteiger partial charge in [0.1, 0.15) is 43.2 Å². The number of benzene rings is 3. The number of nitrogens with one attached hydrogen (secondary N) is 3. The highest BCUT2D eigenvalue weighted by Gasteiger charge is 2.26. The summed E-state index contributed by atoms with van der Waals surface area (Å²) < 4.78 is 16.5. The zero-order chi connectivity index (χ0) is 31.2. The lowest BCUT2D eigenvalue weighted by Gasteiger charge is -2.22. The summed E-state index contributed by atoms with van der Waals surface area (Å²) >= 11 is 0. The summed E-state index contributed by atoms with van der Waals surface area (Å²) in [6.45, 7) is 6.67. The second-order valence-corrected chi connectivity index (χ2v) is 10.9. The number of hydrogen-bond donors (Lipinski definition) is 3. The van der Waals surface area contributed by atoms with Crippen molar-refractivity contribution in [1.29, 1.82) is 0 Å². The molecular weight excluding hydrogens is 550 g/mol. The Morgan fingerprint density at radius 3 is 1.91 bits per heavy atom. The first-order chi connectivity index (χ1) is 20.5. The minimum absolute atomic E-state index is 0.0426. The summed E-state index contributed by atoms with van der Waals surface area (Å²) in [5, 5.41) is 7.54. The average molecular weight is 590 g/mol. The van der Waals surface area contributed by atoms with Crippen LogP contribution < -0.4 is 20.7 Å². The maximum atomic E-state index is 13.1. The largest absolute Gasteiger partial charge is 0.489 e. The van der Waals surface area contributed by atoms with E-state index in [2.05, 4.69) is 16.0 Å². The zero-order valence-electron chi connectivity index (χ0n) is 24.9. The zero-order valence-corrected chi connectivity index (χ0v) is 24.9. The molecule has 0 saturated carbocycles. The van der Waals surface area contributed by atoms with Crippen molar-refractivity contribution in [3.63, 3.8) is 0 Å². The molecule has 43 heavy (non-hydrogen) atoms. The molecule has 0 aliphatic rings. The van der Waals surface area contributed by atoms with Crippen LogP contribution in [0.15, 0.2) is 84.9 Å². The Morgan fingerprint density at radius 1 is 0.744 bits per heavy atom. The minimum Gasteiger partial charge on any atom is -0.489 e. The molecule has 10 heteroatoms. The molecule has 0 spiro atoms. The van der Waals surface area contributed by atoms with E-state index in [4.69, 9.17) is 14.2 Å². The van der Waals surface area contributed by atoms with Gasteiger partial charge >= 0.3 is 12.1 Å². The van der Waals surface area contributed by atoms with Gasteiger partial charge in [0, 0.05) is 6.42 Å². The fourth-order valence-electron chi connectivity index (χ4n) is 3.84. The van der Waals surface area contributed by atoms with Crippen LogP contribution in [0.5, 0.6) is 5.75 Å². The van der Waals surface area contributed by atoms with Crippen LogP contribution in [-0.4, -0.2) is 48.1 Å². The van der Waals surface area contributed by atoms with E-state index in [0.29, 0.717) is 12.4 Å². The third-order valence-corrected chi connectivity index (χ3v) is 6.00. The number of carbonyl (C=O) groups is 4. The third-order valence-electron chi connectivity index (χ3n) is 6.00. The van der Waals surface area contributed by atoms with Gasteiger partial charge in [0.05, 0.1) is 0 Å². The highest BCUT2D eigenvalue weighted by molar-refractivity contribution is 5.91. The van der Waals surface area contributed by atoms with Gasteiger partial charge in [-0.2, -0.15) is 0 Å². The van der Waals surface area contributed by atoms with E-state index < -0.39 is 41.6 Å². The Kier molecular flexibility index (Phi) is 12.1. The SMILES string of the molecule is C[C@H](NC(=O)CNC(=O)OC(C)(C)C)C(=O)N[C@@H](Cc1ccc(OCc2ccccc2)cc1)C(=O)OCc1ccccc1. The predicted molar refractivity (Wildman–Crippen MR) is 161 cm³/mol. The molecule has 3 amide bonds. The van der Waals surface area contributed by atoms with Crippen LogP contribution >= 0.6 is 0 Å². The van der Waals surface area contributed by atoms with Crippen LogP contribution in [0.25, 0.3) is 0 Å². The normalized spacial score (nSPS) is 12.3. The van der Waals surface area contributed by atoms with Crippen molar-refractivity contribution < 1.29 is 33.4 Å². The fraction of sp³-hybridized carbons (Fsp3) is 0.333. The summed E-state index contributed by atoms with van der Waals surface area (Å²) in [7, 11) is 0. The van der Waals surface area contributed by atoms with E-state index in [1.807, 2.05) is 72.8 Å². The number of hydrogen-bond acceptors (Lipinski definition) is 7. The first-order valence-electron chi connectivity index (χ1n) is 14.0. The highest BCUT2D eigenvalue weighted by Crippen LogP contribution is 2.16. The van der Waals surface area contributed by atoms with Crippen molar-refractivity contribution in [2.24, 2.45) is 0 Å². The lowest BCUT2D eigenvalue weighted by molar-refractivity contribution is -0.149. The molecule has 10 nitrogen and oxygen atoms in total. The summed E-state index contributed by atoms with van der Waals surface area (Å²) in [4.78, 5) is 50.2. The van der Waals surface area contributed by atoms with Crippen LogP contribution in [0.2, 0.25) is 0 Å². The molecule has 3 aromatic carbocycles. The molecule has 3 rings (SSSR count). The van der Waals surface area contributed by atoms with Gasteiger partial charge in [-0.15, -0.1) is 0 Å². The van der Waals surface area contributed by atoms with Crippen LogP contribution in [-0.2, 0) is 43.5 Å². The van der Waals surface area contributed by atoms with Crippen LogP contribution in [0.1, 0.15) is 44.4 Å². The average Bonchev–Trinajstić information content (AvgIpc) is 2.98. The van der Waals surface area contributed by atoms with E-state index >= 15 is 0 Å². The van der Waals surface area contributed by atoms with Crippen molar-refractivity contribution in [3.8, 4) is 5.75 Å². The molecule has 0 bridgehead atoms. The van der Waals surface area contributed by atoms with Crippen molar-refractivity contribution in [2.75, 3.05) is 6.54 Å². The van der Waals surface area contributed by atoms with Crippen LogP contribution in [0.4, 0.5) is 4.79 Å². The van der Waals surface area contributed by atoms with Gasteiger partial charge in [-0.3, -0.25) is 9.59 Å². The number of rotatable bonds is 13. The van der Waals surface area contributed by atoms with E-state index in [1.54, 1.807) is 32.9 Å². The van der Waals surface area contributed by atoms with Crippen molar-refractivity contribution in [2.45, 2.75) is 65.0 Å². The number of ether oxygens (including phenoxy) is 3. The van der Waals surface area contributed by atoms with E-state index in [-0.39, 0.29) is 19.6 Å². The van der Waals surface area contributed by atoms with Gasteiger partial charge in [-0.25, -0.2) is 9.59 Å². The molecular formula is C33H39N3O7. The maximum Gasteiger partial charge on any atom is 0.408 e. The first kappa shape index (κ1) is 32.7. The topological polar surface area (TPSA) is 132 Å². The summed E-state index contributed by atoms with van der Waals surface area (Å²) in [6.07, 6.45) is -0.600. The summed E-state index contributed by atoms with van der Waals surface area (Å²) in [5.41, 5.74) is 1.90. The third kappa shape index (κ3) is 12.3. The van der Waals surface area contributed by atoms with Gasteiger partial charge in [-0.05, 0) is 56.5 Å². The Hall–Kier alpha value is -4.86. The van der Waals surface area contributed by atoms with Crippen LogP contribution in [0.3, 0.4) is 0 Å². The second kappa shape index (κ2) is 16.0. The van der Waals surface area contributed by atoms with E-state index in [1.165, 1.54) is 6.92 Å². The molecule has 228 valence electrons. The molecule has 3 aromatic rings. The van der Waals surface area contributed by atoms with Gasteiger partial charge in [0.2, 0.25) is 11.8 Å². The van der Waals surface area contributed by atoms with Crippen molar-refractivity contribution >= 4 is 23.9 Å². The molecule has 0 radical (unpaired) electrons. The van der Waals surface area contributed by atoms with Crippen molar-refractivity contribution in [1.82, 2.24) is 16.0 Å². The quantitative estimate of drug-likeness (QED) is 0.256. The standard InChI is InChI=1S/C33H39N3O7/c1-23(35-29(37)20-34-32(40)43-33(2,3)4)30(38)36-28(31(39)42-22-26-13-9-6-10-14-26)19-24-15-17-27(18-16-24)41-21-25-11-7-5-8-12-25/h5-18,23,28H,19-22H2,1-4H3,(H,34,40)(H,35,37)(H,36,38)/t23-,28-/m0/s1. The summed E-state index contributed by atoms with van der Waals surface area (Å²) in [6, 6.07) is 24.2. The van der Waals surface area contributed by atoms with Gasteiger partial charge in [0.15, 0.2) is 0 Å². The smallest absolute Gasteiger partial charge is 0.408 e. The van der Waals surface area contributed by atoms with Crippen molar-refractivity contribution in [3.05, 3.63) is 102 Å². The molecule has 0 saturated heterocycles. The lowest BCUT2D eigenvalue weighted by atomic mass is 10.1. The highest BCUT2D eigenvalue weighted by atomic mass is 16.6. The van der Waals surface area contributed by atoms with Gasteiger partial charge in [0.25, 0.3) is 0 Å². The molecule has 2 atom stereocenters. The monoisotopic (exact) mass is 589 g/mol. The Balaban J connectivity index is 1.60. The molecule has 0 aromatic heterocycles. The predicted octanol–water partition coefficient (Wildman–Crippen LogP) is 4.07. The van der Waals surface area contributed by atoms with Gasteiger partial charge < -0.3 is 30.2 Å².